The number of hydrogen-bond donors (Lipinski definition) is 2. The highest BCUT2D eigenvalue weighted by Gasteiger charge is 2.24. The average molecular weight is 286 g/mol. The van der Waals surface area contributed by atoms with E-state index in [1.807, 2.05) is 0 Å². The zero-order valence-electron chi connectivity index (χ0n) is 11.9. The molecule has 0 aliphatic carbocycles. The highest BCUT2D eigenvalue weighted by atomic mass is 16.5. The van der Waals surface area contributed by atoms with Crippen LogP contribution in [0.5, 0.6) is 0 Å². The summed E-state index contributed by atoms with van der Waals surface area (Å²) in [4.78, 5) is 35.6. The van der Waals surface area contributed by atoms with Gasteiger partial charge in [0.25, 0.3) is 0 Å². The molecule has 1 fully saturated rings. The number of methoxy groups -OCH3 is 1. The van der Waals surface area contributed by atoms with Crippen LogP contribution in [0.15, 0.2) is 0 Å². The zero-order chi connectivity index (χ0) is 15.1. The van der Waals surface area contributed by atoms with Crippen molar-refractivity contribution < 1.29 is 24.2 Å². The van der Waals surface area contributed by atoms with Crippen molar-refractivity contribution in [2.75, 3.05) is 20.2 Å². The molecule has 0 aromatic heterocycles. The van der Waals surface area contributed by atoms with Gasteiger partial charge in [0.15, 0.2) is 0 Å². The smallest absolute Gasteiger partial charge is 0.324 e. The number of carbonyl (C=O) groups excluding carboxylic acids is 2. The van der Waals surface area contributed by atoms with Crippen LogP contribution in [0.1, 0.15) is 32.6 Å². The molecule has 2 atom stereocenters. The summed E-state index contributed by atoms with van der Waals surface area (Å²) in [5.74, 6) is -1.69. The predicted molar refractivity (Wildman–Crippen MR) is 71.2 cm³/mol. The number of urea groups is 1. The van der Waals surface area contributed by atoms with Crippen LogP contribution >= 0.6 is 0 Å². The standard InChI is InChI=1S/C13H22N2O5/c1-9(7-12(17)18)6-11(16)14-13(19)15-5-3-4-10(8-15)20-2/h9-10H,3-8H2,1-2H3,(H,17,18)(H,14,16,19). The molecule has 0 aromatic carbocycles. The van der Waals surface area contributed by atoms with Crippen LogP contribution in [0.4, 0.5) is 4.79 Å². The lowest BCUT2D eigenvalue weighted by Gasteiger charge is -2.31. The van der Waals surface area contributed by atoms with E-state index in [9.17, 15) is 14.4 Å². The molecule has 0 spiro atoms. The number of carbonyl (C=O) groups is 3. The Morgan fingerprint density at radius 3 is 2.70 bits per heavy atom. The Kier molecular flexibility index (Phi) is 6.44. The van der Waals surface area contributed by atoms with Crippen LogP contribution in [0.25, 0.3) is 0 Å². The van der Waals surface area contributed by atoms with Gasteiger partial charge in [0.1, 0.15) is 0 Å². The lowest BCUT2D eigenvalue weighted by molar-refractivity contribution is -0.138. The minimum Gasteiger partial charge on any atom is -0.481 e. The van der Waals surface area contributed by atoms with Crippen molar-refractivity contribution >= 4 is 17.9 Å². The molecule has 1 aliphatic heterocycles. The zero-order valence-corrected chi connectivity index (χ0v) is 11.9. The van der Waals surface area contributed by atoms with Crippen molar-refractivity contribution in [3.05, 3.63) is 0 Å². The monoisotopic (exact) mass is 286 g/mol. The molecular formula is C13H22N2O5. The summed E-state index contributed by atoms with van der Waals surface area (Å²) in [6.45, 7) is 2.74. The lowest BCUT2D eigenvalue weighted by atomic mass is 10.0. The Morgan fingerprint density at radius 1 is 1.40 bits per heavy atom. The van der Waals surface area contributed by atoms with Crippen LogP contribution in [0.2, 0.25) is 0 Å². The van der Waals surface area contributed by atoms with E-state index >= 15 is 0 Å². The maximum atomic E-state index is 11.9. The summed E-state index contributed by atoms with van der Waals surface area (Å²) in [6.07, 6.45) is 1.70. The van der Waals surface area contributed by atoms with Gasteiger partial charge in [-0.3, -0.25) is 14.9 Å². The van der Waals surface area contributed by atoms with Crippen molar-refractivity contribution in [3.63, 3.8) is 0 Å². The summed E-state index contributed by atoms with van der Waals surface area (Å²) in [5, 5.41) is 10.9. The summed E-state index contributed by atoms with van der Waals surface area (Å²) in [7, 11) is 1.60. The molecule has 0 saturated carbocycles. The second-order valence-corrected chi connectivity index (χ2v) is 5.21. The Labute approximate surface area is 118 Å². The number of ether oxygens (including phenoxy) is 1. The SMILES string of the molecule is COC1CCCN(C(=O)NC(=O)CC(C)CC(=O)O)C1. The van der Waals surface area contributed by atoms with Gasteiger partial charge < -0.3 is 14.7 Å². The molecule has 7 heteroatoms. The van der Waals surface area contributed by atoms with Crippen LogP contribution < -0.4 is 5.32 Å². The van der Waals surface area contributed by atoms with E-state index in [1.54, 1.807) is 18.9 Å². The molecule has 20 heavy (non-hydrogen) atoms. The van der Waals surface area contributed by atoms with Crippen LogP contribution in [-0.2, 0) is 14.3 Å². The predicted octanol–water partition coefficient (Wildman–Crippen LogP) is 0.834. The third kappa shape index (κ3) is 5.56. The van der Waals surface area contributed by atoms with Gasteiger partial charge >= 0.3 is 12.0 Å². The molecule has 2 unspecified atom stereocenters. The van der Waals surface area contributed by atoms with E-state index < -0.39 is 17.9 Å². The third-order valence-electron chi connectivity index (χ3n) is 3.30. The van der Waals surface area contributed by atoms with Gasteiger partial charge in [-0.1, -0.05) is 6.92 Å². The van der Waals surface area contributed by atoms with Crippen molar-refractivity contribution in [1.82, 2.24) is 10.2 Å². The van der Waals surface area contributed by atoms with E-state index in [1.165, 1.54) is 0 Å². The number of nitrogens with one attached hydrogen (secondary N) is 1. The number of carboxylic acid groups (broad SMARTS) is 1. The van der Waals surface area contributed by atoms with E-state index in [4.69, 9.17) is 9.84 Å². The van der Waals surface area contributed by atoms with Crippen molar-refractivity contribution in [3.8, 4) is 0 Å². The first-order valence-corrected chi connectivity index (χ1v) is 6.75. The Balaban J connectivity index is 2.37. The molecular weight excluding hydrogens is 264 g/mol. The van der Waals surface area contributed by atoms with Gasteiger partial charge in [-0.2, -0.15) is 0 Å². The van der Waals surface area contributed by atoms with Crippen molar-refractivity contribution in [2.45, 2.75) is 38.7 Å². The minimum atomic E-state index is -0.949. The molecule has 0 aromatic rings. The molecule has 1 aliphatic rings. The Morgan fingerprint density at radius 2 is 2.10 bits per heavy atom. The summed E-state index contributed by atoms with van der Waals surface area (Å²) in [6, 6.07) is -0.431. The lowest BCUT2D eigenvalue weighted by Crippen LogP contribution is -2.49. The quantitative estimate of drug-likeness (QED) is 0.780. The van der Waals surface area contributed by atoms with Gasteiger partial charge in [0, 0.05) is 33.0 Å². The first-order chi connectivity index (χ1) is 9.42. The first kappa shape index (κ1) is 16.4. The topological polar surface area (TPSA) is 95.9 Å². The molecule has 0 bridgehead atoms. The molecule has 2 N–H and O–H groups in total. The van der Waals surface area contributed by atoms with E-state index in [0.717, 1.165) is 12.8 Å². The second-order valence-electron chi connectivity index (χ2n) is 5.21. The van der Waals surface area contributed by atoms with Gasteiger partial charge in [-0.05, 0) is 18.8 Å². The number of imide groups is 1. The fourth-order valence-corrected chi connectivity index (χ4v) is 2.25. The number of hydrogen-bond acceptors (Lipinski definition) is 4. The number of amides is 3. The average Bonchev–Trinajstić information content (AvgIpc) is 2.37. The first-order valence-electron chi connectivity index (χ1n) is 6.75. The highest BCUT2D eigenvalue weighted by Crippen LogP contribution is 2.13. The molecule has 1 heterocycles. The minimum absolute atomic E-state index is 0.00976. The molecule has 7 nitrogen and oxygen atoms in total. The molecule has 3 amide bonds. The second kappa shape index (κ2) is 7.84. The van der Waals surface area contributed by atoms with Crippen LogP contribution in [0, 0.1) is 5.92 Å². The number of aliphatic carboxylic acids is 1. The van der Waals surface area contributed by atoms with Gasteiger partial charge in [-0.25, -0.2) is 4.79 Å². The molecule has 1 saturated heterocycles. The van der Waals surface area contributed by atoms with Crippen LogP contribution in [0.3, 0.4) is 0 Å². The Hall–Kier alpha value is -1.63. The summed E-state index contributed by atoms with van der Waals surface area (Å²) in [5.41, 5.74) is 0. The fourth-order valence-electron chi connectivity index (χ4n) is 2.25. The molecule has 1 rings (SSSR count). The number of rotatable bonds is 5. The summed E-state index contributed by atoms with van der Waals surface area (Å²) >= 11 is 0. The normalized spacial score (nSPS) is 20.3. The summed E-state index contributed by atoms with van der Waals surface area (Å²) < 4.78 is 5.21. The molecule has 114 valence electrons. The van der Waals surface area contributed by atoms with Crippen molar-refractivity contribution in [1.29, 1.82) is 0 Å². The van der Waals surface area contributed by atoms with E-state index in [-0.39, 0.29) is 24.9 Å². The maximum Gasteiger partial charge on any atom is 0.324 e. The third-order valence-corrected chi connectivity index (χ3v) is 3.30. The largest absolute Gasteiger partial charge is 0.481 e. The fraction of sp³-hybridized carbons (Fsp3) is 0.769. The number of carboxylic acids is 1. The van der Waals surface area contributed by atoms with Crippen LogP contribution in [-0.4, -0.2) is 54.2 Å². The number of nitrogens with zero attached hydrogens (tertiary/aromatic N) is 1. The highest BCUT2D eigenvalue weighted by molar-refractivity contribution is 5.94. The van der Waals surface area contributed by atoms with Gasteiger partial charge in [-0.15, -0.1) is 0 Å². The van der Waals surface area contributed by atoms with E-state index in [0.29, 0.717) is 13.1 Å². The van der Waals surface area contributed by atoms with E-state index in [2.05, 4.69) is 5.32 Å². The van der Waals surface area contributed by atoms with Gasteiger partial charge in [0.05, 0.1) is 6.10 Å². The Bertz CT molecular complexity index is 372. The number of piperidine rings is 1. The van der Waals surface area contributed by atoms with Gasteiger partial charge in [0.2, 0.25) is 5.91 Å². The maximum absolute atomic E-state index is 11.9. The number of likely N-dealkylation sites (tertiary alicyclic amines) is 1. The molecule has 0 radical (unpaired) electrons. The van der Waals surface area contributed by atoms with Crippen molar-refractivity contribution in [2.24, 2.45) is 5.92 Å².